The lowest BCUT2D eigenvalue weighted by Gasteiger charge is -2.11. The number of amides is 2. The number of carbonyl (C=O) groups is 4. The summed E-state index contributed by atoms with van der Waals surface area (Å²) in [7, 11) is 0. The molecule has 0 aliphatic carbocycles. The maximum Gasteiger partial charge on any atom is 0.340 e. The van der Waals surface area contributed by atoms with Crippen LogP contribution in [0.15, 0.2) is 48.5 Å². The average Bonchev–Trinajstić information content (AvgIpc) is 2.66. The molecule has 0 heterocycles. The predicted molar refractivity (Wildman–Crippen MR) is 102 cm³/mol. The Balaban J connectivity index is 1.97. The summed E-state index contributed by atoms with van der Waals surface area (Å²) in [6.07, 6.45) is 0. The van der Waals surface area contributed by atoms with Crippen LogP contribution in [0.25, 0.3) is 0 Å². The summed E-state index contributed by atoms with van der Waals surface area (Å²) in [6.45, 7) is 2.69. The molecule has 2 aromatic rings. The minimum atomic E-state index is -0.721. The normalized spacial score (nSPS) is 9.93. The second-order valence-corrected chi connectivity index (χ2v) is 5.65. The highest BCUT2D eigenvalue weighted by molar-refractivity contribution is 6.02. The second kappa shape index (κ2) is 9.86. The lowest BCUT2D eigenvalue weighted by molar-refractivity contribution is -0.119. The highest BCUT2D eigenvalue weighted by atomic mass is 16.5. The summed E-state index contributed by atoms with van der Waals surface area (Å²) < 4.78 is 9.93. The zero-order valence-electron chi connectivity index (χ0n) is 15.5. The summed E-state index contributed by atoms with van der Waals surface area (Å²) in [4.78, 5) is 47.2. The molecule has 0 aromatic heterocycles. The van der Waals surface area contributed by atoms with Gasteiger partial charge >= 0.3 is 11.9 Å². The molecular formula is C20H20N2O6. The molecule has 0 fully saturated rings. The molecule has 8 heteroatoms. The van der Waals surface area contributed by atoms with Gasteiger partial charge in [0.05, 0.1) is 23.4 Å². The summed E-state index contributed by atoms with van der Waals surface area (Å²) >= 11 is 0. The van der Waals surface area contributed by atoms with E-state index in [0.717, 1.165) is 0 Å². The van der Waals surface area contributed by atoms with Gasteiger partial charge in [-0.25, -0.2) is 9.59 Å². The molecule has 0 bridgehead atoms. The first-order chi connectivity index (χ1) is 13.4. The van der Waals surface area contributed by atoms with Crippen LogP contribution in [0.3, 0.4) is 0 Å². The molecule has 0 aliphatic rings. The van der Waals surface area contributed by atoms with Crippen molar-refractivity contribution in [3.05, 3.63) is 59.7 Å². The quantitative estimate of drug-likeness (QED) is 0.710. The number of carbonyl (C=O) groups excluding carboxylic acids is 4. The molecule has 146 valence electrons. The monoisotopic (exact) mass is 384 g/mol. The highest BCUT2D eigenvalue weighted by Gasteiger charge is 2.15. The van der Waals surface area contributed by atoms with Gasteiger partial charge in [-0.05, 0) is 37.3 Å². The van der Waals surface area contributed by atoms with Crippen molar-refractivity contribution in [3.63, 3.8) is 0 Å². The van der Waals surface area contributed by atoms with Crippen LogP contribution in [0.2, 0.25) is 0 Å². The van der Waals surface area contributed by atoms with Crippen LogP contribution in [0.4, 0.5) is 11.4 Å². The molecule has 2 rings (SSSR count). The Morgan fingerprint density at radius 2 is 1.64 bits per heavy atom. The molecule has 0 radical (unpaired) electrons. The molecule has 0 unspecified atom stereocenters. The van der Waals surface area contributed by atoms with E-state index >= 15 is 0 Å². The van der Waals surface area contributed by atoms with E-state index in [1.54, 1.807) is 37.3 Å². The molecule has 0 atom stereocenters. The van der Waals surface area contributed by atoms with Gasteiger partial charge in [0.2, 0.25) is 5.91 Å². The van der Waals surface area contributed by atoms with E-state index in [0.29, 0.717) is 5.69 Å². The van der Waals surface area contributed by atoms with Crippen LogP contribution in [0, 0.1) is 0 Å². The van der Waals surface area contributed by atoms with E-state index in [9.17, 15) is 19.2 Å². The maximum absolute atomic E-state index is 12.1. The third kappa shape index (κ3) is 5.94. The molecule has 2 amide bonds. The fourth-order valence-electron chi connectivity index (χ4n) is 2.31. The maximum atomic E-state index is 12.1. The molecule has 28 heavy (non-hydrogen) atoms. The van der Waals surface area contributed by atoms with Gasteiger partial charge in [-0.1, -0.05) is 18.2 Å². The minimum Gasteiger partial charge on any atom is -0.462 e. The Hall–Kier alpha value is -3.68. The van der Waals surface area contributed by atoms with Crippen LogP contribution in [0.1, 0.15) is 34.6 Å². The fraction of sp³-hybridized carbons (Fsp3) is 0.200. The van der Waals surface area contributed by atoms with Crippen molar-refractivity contribution in [1.82, 2.24) is 0 Å². The first-order valence-corrected chi connectivity index (χ1v) is 8.51. The van der Waals surface area contributed by atoms with E-state index < -0.39 is 24.5 Å². The Morgan fingerprint density at radius 3 is 2.36 bits per heavy atom. The molecule has 0 saturated heterocycles. The lowest BCUT2D eigenvalue weighted by Crippen LogP contribution is -2.22. The van der Waals surface area contributed by atoms with E-state index in [4.69, 9.17) is 9.47 Å². The van der Waals surface area contributed by atoms with Crippen molar-refractivity contribution in [3.8, 4) is 0 Å². The minimum absolute atomic E-state index is 0.186. The van der Waals surface area contributed by atoms with Crippen molar-refractivity contribution < 1.29 is 28.7 Å². The number of rotatable bonds is 7. The standard InChI is InChI=1S/C20H20N2O6/c1-3-27-20(26)16-9-4-5-10-17(16)22-18(24)12-28-19(25)14-7-6-8-15(11-14)21-13(2)23/h4-11H,3,12H2,1-2H3,(H,21,23)(H,22,24). The third-order valence-electron chi connectivity index (χ3n) is 3.45. The number of hydrogen-bond acceptors (Lipinski definition) is 6. The number of ether oxygens (including phenoxy) is 2. The summed E-state index contributed by atoms with van der Waals surface area (Å²) in [5.74, 6) is -2.17. The van der Waals surface area contributed by atoms with Gasteiger partial charge in [0.15, 0.2) is 6.61 Å². The van der Waals surface area contributed by atoms with Gasteiger partial charge in [0.1, 0.15) is 0 Å². The number of nitrogens with one attached hydrogen (secondary N) is 2. The van der Waals surface area contributed by atoms with Gasteiger partial charge in [-0.15, -0.1) is 0 Å². The second-order valence-electron chi connectivity index (χ2n) is 5.65. The van der Waals surface area contributed by atoms with Crippen molar-refractivity contribution in [2.45, 2.75) is 13.8 Å². The number of anilines is 2. The Labute approximate surface area is 161 Å². The number of para-hydroxylation sites is 1. The Morgan fingerprint density at radius 1 is 0.893 bits per heavy atom. The average molecular weight is 384 g/mol. The number of esters is 2. The predicted octanol–water partition coefficient (Wildman–Crippen LogP) is 2.62. The number of benzene rings is 2. The summed E-state index contributed by atoms with van der Waals surface area (Å²) in [5, 5.41) is 5.08. The van der Waals surface area contributed by atoms with E-state index in [2.05, 4.69) is 10.6 Å². The van der Waals surface area contributed by atoms with Crippen molar-refractivity contribution in [1.29, 1.82) is 0 Å². The van der Waals surface area contributed by atoms with Crippen molar-refractivity contribution in [2.75, 3.05) is 23.8 Å². The van der Waals surface area contributed by atoms with Crippen LogP contribution in [-0.2, 0) is 19.1 Å². The zero-order chi connectivity index (χ0) is 20.5. The Bertz CT molecular complexity index is 894. The smallest absolute Gasteiger partial charge is 0.340 e. The Kier molecular flexibility index (Phi) is 7.27. The molecule has 2 aromatic carbocycles. The van der Waals surface area contributed by atoms with Crippen LogP contribution in [0.5, 0.6) is 0 Å². The van der Waals surface area contributed by atoms with Gasteiger partial charge in [0, 0.05) is 12.6 Å². The lowest BCUT2D eigenvalue weighted by atomic mass is 10.2. The molecule has 0 saturated carbocycles. The molecular weight excluding hydrogens is 364 g/mol. The van der Waals surface area contributed by atoms with E-state index in [1.807, 2.05) is 0 Å². The summed E-state index contributed by atoms with van der Waals surface area (Å²) in [5.41, 5.74) is 1.09. The largest absolute Gasteiger partial charge is 0.462 e. The van der Waals surface area contributed by atoms with Crippen molar-refractivity contribution in [2.24, 2.45) is 0 Å². The third-order valence-corrected chi connectivity index (χ3v) is 3.45. The van der Waals surface area contributed by atoms with Crippen LogP contribution < -0.4 is 10.6 Å². The van der Waals surface area contributed by atoms with Gasteiger partial charge in [0.25, 0.3) is 5.91 Å². The molecule has 2 N–H and O–H groups in total. The van der Waals surface area contributed by atoms with Gasteiger partial charge < -0.3 is 20.1 Å². The highest BCUT2D eigenvalue weighted by Crippen LogP contribution is 2.16. The van der Waals surface area contributed by atoms with Crippen molar-refractivity contribution >= 4 is 35.1 Å². The zero-order valence-corrected chi connectivity index (χ0v) is 15.5. The van der Waals surface area contributed by atoms with E-state index in [1.165, 1.54) is 25.1 Å². The van der Waals surface area contributed by atoms with Gasteiger partial charge in [-0.2, -0.15) is 0 Å². The molecule has 0 spiro atoms. The fourth-order valence-corrected chi connectivity index (χ4v) is 2.31. The first kappa shape index (κ1) is 20.6. The molecule has 8 nitrogen and oxygen atoms in total. The van der Waals surface area contributed by atoms with E-state index in [-0.39, 0.29) is 29.3 Å². The first-order valence-electron chi connectivity index (χ1n) is 8.51. The van der Waals surface area contributed by atoms with Gasteiger partial charge in [-0.3, -0.25) is 9.59 Å². The molecule has 0 aliphatic heterocycles. The van der Waals surface area contributed by atoms with Crippen LogP contribution in [-0.4, -0.2) is 37.0 Å². The number of hydrogen-bond donors (Lipinski definition) is 2. The SMILES string of the molecule is CCOC(=O)c1ccccc1NC(=O)COC(=O)c1cccc(NC(C)=O)c1. The van der Waals surface area contributed by atoms with Crippen LogP contribution >= 0.6 is 0 Å². The summed E-state index contributed by atoms with van der Waals surface area (Å²) in [6, 6.07) is 12.5. The topological polar surface area (TPSA) is 111 Å².